The number of nitrogens with zero attached hydrogens (tertiary/aromatic N) is 5. The third-order valence-corrected chi connectivity index (χ3v) is 3.42. The molecule has 1 aromatic carbocycles. The maximum Gasteiger partial charge on any atom is 0.162 e. The number of fused-ring (bicyclic) bond motifs is 1. The van der Waals surface area contributed by atoms with Gasteiger partial charge in [-0.1, -0.05) is 11.4 Å². The molecule has 0 aliphatic heterocycles. The van der Waals surface area contributed by atoms with Crippen LogP contribution in [0.2, 0.25) is 0 Å². The fourth-order valence-corrected chi connectivity index (χ4v) is 2.54. The predicted octanol–water partition coefficient (Wildman–Crippen LogP) is 2.84. The van der Waals surface area contributed by atoms with Gasteiger partial charge in [0, 0.05) is 11.9 Å². The molecule has 6 heteroatoms. The van der Waals surface area contributed by atoms with Gasteiger partial charge in [-0.15, -0.1) is 5.10 Å². The molecule has 3 aromatic rings. The zero-order chi connectivity index (χ0) is 13.2. The molecule has 3 rings (SSSR count). The van der Waals surface area contributed by atoms with Crippen LogP contribution in [-0.4, -0.2) is 19.1 Å². The van der Waals surface area contributed by atoms with Crippen LogP contribution >= 0.6 is 11.5 Å². The molecular formula is C13H11N5S. The smallest absolute Gasteiger partial charge is 0.162 e. The molecule has 0 amide bonds. The third-order valence-electron chi connectivity index (χ3n) is 2.91. The van der Waals surface area contributed by atoms with Crippen LogP contribution in [-0.2, 0) is 6.54 Å². The van der Waals surface area contributed by atoms with E-state index in [9.17, 15) is 0 Å². The number of imidazole rings is 1. The van der Waals surface area contributed by atoms with Crippen molar-refractivity contribution in [3.8, 4) is 17.6 Å². The maximum atomic E-state index is 8.96. The number of rotatable bonds is 3. The van der Waals surface area contributed by atoms with Crippen LogP contribution in [0, 0.1) is 11.3 Å². The van der Waals surface area contributed by atoms with Gasteiger partial charge < -0.3 is 4.57 Å². The highest BCUT2D eigenvalue weighted by molar-refractivity contribution is 7.03. The van der Waals surface area contributed by atoms with Gasteiger partial charge in [0.05, 0.1) is 22.7 Å². The average molecular weight is 269 g/mol. The molecule has 0 N–H and O–H groups in total. The van der Waals surface area contributed by atoms with Crippen LogP contribution < -0.4 is 0 Å². The Labute approximate surface area is 114 Å². The summed E-state index contributed by atoms with van der Waals surface area (Å²) in [5.41, 5.74) is 3.27. The second-order valence-corrected chi connectivity index (χ2v) is 4.80. The quantitative estimate of drug-likeness (QED) is 0.733. The minimum Gasteiger partial charge on any atom is -0.323 e. The molecule has 2 aromatic heterocycles. The number of hydrogen-bond acceptors (Lipinski definition) is 5. The van der Waals surface area contributed by atoms with Crippen LogP contribution in [0.4, 0.5) is 0 Å². The van der Waals surface area contributed by atoms with E-state index in [4.69, 9.17) is 5.26 Å². The van der Waals surface area contributed by atoms with E-state index in [0.29, 0.717) is 5.56 Å². The number of aryl methyl sites for hydroxylation is 1. The maximum absolute atomic E-state index is 8.96. The van der Waals surface area contributed by atoms with Gasteiger partial charge in [-0.05, 0) is 36.2 Å². The van der Waals surface area contributed by atoms with Crippen molar-refractivity contribution in [1.29, 1.82) is 5.26 Å². The standard InChI is InChI=1S/C13H11N5S/c1-2-5-18-12-4-3-9(7-14)6-10(12)15-13(18)11-8-19-17-16-11/h3-4,6,8H,2,5H2,1H3. The Balaban J connectivity index is 2.26. The van der Waals surface area contributed by atoms with Gasteiger partial charge in [0.1, 0.15) is 5.69 Å². The lowest BCUT2D eigenvalue weighted by Crippen LogP contribution is -1.99. The molecule has 0 unspecified atom stereocenters. The highest BCUT2D eigenvalue weighted by atomic mass is 32.1. The first kappa shape index (κ1) is 11.8. The summed E-state index contributed by atoms with van der Waals surface area (Å²) in [5, 5.41) is 14.9. The normalized spacial score (nSPS) is 10.7. The van der Waals surface area contributed by atoms with Gasteiger partial charge >= 0.3 is 0 Å². The molecule has 0 aliphatic rings. The first-order chi connectivity index (χ1) is 9.33. The van der Waals surface area contributed by atoms with E-state index >= 15 is 0 Å². The van der Waals surface area contributed by atoms with E-state index in [2.05, 4.69) is 32.1 Å². The average Bonchev–Trinajstić information content (AvgIpc) is 3.06. The van der Waals surface area contributed by atoms with Gasteiger partial charge in [0.15, 0.2) is 5.82 Å². The molecule has 5 nitrogen and oxygen atoms in total. The minimum absolute atomic E-state index is 0.622. The molecule has 19 heavy (non-hydrogen) atoms. The SMILES string of the molecule is CCCn1c(-c2csnn2)nc2cc(C#N)ccc21. The van der Waals surface area contributed by atoms with E-state index in [-0.39, 0.29) is 0 Å². The van der Waals surface area contributed by atoms with E-state index in [0.717, 1.165) is 35.5 Å². The molecule has 0 fully saturated rings. The van der Waals surface area contributed by atoms with E-state index in [1.807, 2.05) is 23.6 Å². The van der Waals surface area contributed by atoms with Crippen molar-refractivity contribution in [3.63, 3.8) is 0 Å². The number of hydrogen-bond donors (Lipinski definition) is 0. The van der Waals surface area contributed by atoms with E-state index < -0.39 is 0 Å². The molecule has 0 spiro atoms. The van der Waals surface area contributed by atoms with Crippen LogP contribution in [0.3, 0.4) is 0 Å². The highest BCUT2D eigenvalue weighted by Gasteiger charge is 2.14. The molecule has 0 atom stereocenters. The van der Waals surface area contributed by atoms with Crippen LogP contribution in [0.1, 0.15) is 18.9 Å². The summed E-state index contributed by atoms with van der Waals surface area (Å²) in [7, 11) is 0. The zero-order valence-electron chi connectivity index (χ0n) is 10.4. The molecule has 0 saturated heterocycles. The lowest BCUT2D eigenvalue weighted by molar-refractivity contribution is 0.702. The van der Waals surface area contributed by atoms with Crippen molar-refractivity contribution in [3.05, 3.63) is 29.1 Å². The molecule has 0 radical (unpaired) electrons. The lowest BCUT2D eigenvalue weighted by Gasteiger charge is -2.05. The van der Waals surface area contributed by atoms with Gasteiger partial charge in [-0.25, -0.2) is 4.98 Å². The van der Waals surface area contributed by atoms with Gasteiger partial charge in [-0.3, -0.25) is 0 Å². The fourth-order valence-electron chi connectivity index (χ4n) is 2.11. The number of nitriles is 1. The Bertz CT molecular complexity index is 751. The van der Waals surface area contributed by atoms with Crippen molar-refractivity contribution in [2.45, 2.75) is 19.9 Å². The van der Waals surface area contributed by atoms with Gasteiger partial charge in [0.2, 0.25) is 0 Å². The number of aromatic nitrogens is 4. The summed E-state index contributed by atoms with van der Waals surface area (Å²) in [6, 6.07) is 7.71. The molecule has 0 bridgehead atoms. The van der Waals surface area contributed by atoms with Crippen LogP contribution in [0.25, 0.3) is 22.6 Å². The molecule has 94 valence electrons. The zero-order valence-corrected chi connectivity index (χ0v) is 11.2. The van der Waals surface area contributed by atoms with Crippen molar-refractivity contribution >= 4 is 22.6 Å². The Kier molecular flexibility index (Phi) is 2.97. The molecule has 0 saturated carbocycles. The lowest BCUT2D eigenvalue weighted by atomic mass is 10.2. The monoisotopic (exact) mass is 269 g/mol. The van der Waals surface area contributed by atoms with Crippen molar-refractivity contribution in [1.82, 2.24) is 19.1 Å². The Hall–Kier alpha value is -2.26. The largest absolute Gasteiger partial charge is 0.323 e. The number of benzene rings is 1. The fraction of sp³-hybridized carbons (Fsp3) is 0.231. The Morgan fingerprint density at radius 1 is 1.42 bits per heavy atom. The molecule has 0 aliphatic carbocycles. The summed E-state index contributed by atoms with van der Waals surface area (Å²) in [4.78, 5) is 4.60. The van der Waals surface area contributed by atoms with Gasteiger partial charge in [-0.2, -0.15) is 5.26 Å². The van der Waals surface area contributed by atoms with Gasteiger partial charge in [0.25, 0.3) is 0 Å². The second kappa shape index (κ2) is 4.78. The molecule has 2 heterocycles. The van der Waals surface area contributed by atoms with Crippen molar-refractivity contribution < 1.29 is 0 Å². The minimum atomic E-state index is 0.622. The highest BCUT2D eigenvalue weighted by Crippen LogP contribution is 2.25. The third kappa shape index (κ3) is 1.98. The Morgan fingerprint density at radius 3 is 3.00 bits per heavy atom. The van der Waals surface area contributed by atoms with Crippen LogP contribution in [0.15, 0.2) is 23.6 Å². The Morgan fingerprint density at radius 2 is 2.32 bits per heavy atom. The summed E-state index contributed by atoms with van der Waals surface area (Å²) >= 11 is 1.31. The topological polar surface area (TPSA) is 67.4 Å². The summed E-state index contributed by atoms with van der Waals surface area (Å²) in [5.74, 6) is 0.820. The second-order valence-electron chi connectivity index (χ2n) is 4.19. The van der Waals surface area contributed by atoms with Crippen LogP contribution in [0.5, 0.6) is 0 Å². The molecular weight excluding hydrogens is 258 g/mol. The summed E-state index contributed by atoms with van der Waals surface area (Å²) < 4.78 is 6.02. The first-order valence-corrected chi connectivity index (χ1v) is 6.85. The van der Waals surface area contributed by atoms with Crippen molar-refractivity contribution in [2.75, 3.05) is 0 Å². The van der Waals surface area contributed by atoms with E-state index in [1.165, 1.54) is 11.5 Å². The van der Waals surface area contributed by atoms with E-state index in [1.54, 1.807) is 0 Å². The predicted molar refractivity (Wildman–Crippen MR) is 73.6 cm³/mol. The van der Waals surface area contributed by atoms with Crippen molar-refractivity contribution in [2.24, 2.45) is 0 Å². The summed E-state index contributed by atoms with van der Waals surface area (Å²) in [6.45, 7) is 2.99. The first-order valence-electron chi connectivity index (χ1n) is 6.01. The summed E-state index contributed by atoms with van der Waals surface area (Å²) in [6.07, 6.45) is 1.01.